The van der Waals surface area contributed by atoms with Crippen molar-refractivity contribution in [3.63, 3.8) is 0 Å². The first-order valence-corrected chi connectivity index (χ1v) is 32.0. The predicted octanol–water partition coefficient (Wildman–Crippen LogP) is 12.6. The van der Waals surface area contributed by atoms with Gasteiger partial charge in [0.25, 0.3) is 11.8 Å². The third-order valence-corrected chi connectivity index (χ3v) is 17.9. The molecular formula is C76H82N6O12. The first-order valence-electron chi connectivity index (χ1n) is 32.0. The second kappa shape index (κ2) is 30.6. The van der Waals surface area contributed by atoms with Gasteiger partial charge in [0.15, 0.2) is 23.0 Å². The van der Waals surface area contributed by atoms with Crippen molar-refractivity contribution in [2.75, 3.05) is 61.2 Å². The van der Waals surface area contributed by atoms with Gasteiger partial charge in [-0.15, -0.1) is 0 Å². The molecule has 4 aliphatic heterocycles. The van der Waals surface area contributed by atoms with E-state index in [1.165, 1.54) is 9.80 Å². The number of benzene rings is 8. The Balaban J connectivity index is 0.000000192. The molecule has 0 unspecified atom stereocenters. The Hall–Kier alpha value is -10.0. The number of hydrogen-bond acceptors (Lipinski definition) is 14. The standard InChI is InChI=1S/C39H43N3O6.C37H39N3O6/c1-4-42-38(44)41(37(43)39(42)17-19-40(20-18-39)25-32-21-33(45-2)24-34(22-32)46-3)26-31-15-16-35(47-27-29-11-7-5-8-12-29)36(23-31)48-28-30-13-9-6-10-14-30;1-43-31-19-30(20-32(22-31)44-2)23-39-17-15-37(16-18-39)35(41)40(36(42)38-37)24-29-13-14-33(45-25-27-9-5-3-6-10-27)34(21-29)46-26-28-11-7-4-8-12-28/h5-16,21-24H,4,17-20,25-28H2,1-3H3;3-14,19-22H,15-18,23-26H2,1-2H3,(H,38,42). The number of methoxy groups -OCH3 is 4. The minimum absolute atomic E-state index is 0.131. The zero-order valence-electron chi connectivity index (χ0n) is 54.1. The number of urea groups is 2. The van der Waals surface area contributed by atoms with Crippen LogP contribution >= 0.6 is 0 Å². The number of rotatable bonds is 25. The van der Waals surface area contributed by atoms with E-state index in [2.05, 4.69) is 15.1 Å². The Kier molecular flexibility index (Phi) is 21.3. The molecule has 4 fully saturated rings. The number of nitrogens with one attached hydrogen (secondary N) is 1. The molecule has 0 aliphatic carbocycles. The molecule has 4 aliphatic rings. The number of likely N-dealkylation sites (tertiary alicyclic amines) is 2. The van der Waals surface area contributed by atoms with Crippen molar-refractivity contribution in [3.8, 4) is 46.0 Å². The fraction of sp³-hybridized carbons (Fsp3) is 0.316. The summed E-state index contributed by atoms with van der Waals surface area (Å²) < 4.78 is 46.5. The highest BCUT2D eigenvalue weighted by atomic mass is 16.5. The summed E-state index contributed by atoms with van der Waals surface area (Å²) in [6, 6.07) is 62.1. The molecule has 2 spiro atoms. The van der Waals surface area contributed by atoms with Gasteiger partial charge in [-0.2, -0.15) is 0 Å². The molecule has 6 amide bonds. The number of ether oxygens (including phenoxy) is 8. The van der Waals surface area contributed by atoms with Crippen LogP contribution in [0.4, 0.5) is 9.59 Å². The van der Waals surface area contributed by atoms with Crippen molar-refractivity contribution in [1.29, 1.82) is 0 Å². The fourth-order valence-electron chi connectivity index (χ4n) is 12.7. The van der Waals surface area contributed by atoms with E-state index in [-0.39, 0.29) is 37.0 Å². The summed E-state index contributed by atoms with van der Waals surface area (Å²) in [6.45, 7) is 8.32. The van der Waals surface area contributed by atoms with E-state index < -0.39 is 11.1 Å². The Morgan fingerprint density at radius 2 is 0.734 bits per heavy atom. The van der Waals surface area contributed by atoms with E-state index in [1.807, 2.05) is 201 Å². The molecule has 1 N–H and O–H groups in total. The fourth-order valence-corrected chi connectivity index (χ4v) is 12.7. The van der Waals surface area contributed by atoms with Crippen LogP contribution in [-0.4, -0.2) is 121 Å². The van der Waals surface area contributed by atoms with Gasteiger partial charge < -0.3 is 48.1 Å². The van der Waals surface area contributed by atoms with Gasteiger partial charge in [0.1, 0.15) is 60.5 Å². The highest BCUT2D eigenvalue weighted by molar-refractivity contribution is 6.08. The van der Waals surface area contributed by atoms with E-state index in [0.29, 0.717) is 121 Å². The molecule has 0 saturated carbocycles. The first kappa shape index (κ1) is 65.5. The molecule has 4 saturated heterocycles. The Labute approximate surface area is 550 Å². The lowest BCUT2D eigenvalue weighted by atomic mass is 9.85. The van der Waals surface area contributed by atoms with Gasteiger partial charge in [0.05, 0.1) is 41.5 Å². The predicted molar refractivity (Wildman–Crippen MR) is 357 cm³/mol. The number of carbonyl (C=O) groups excluding carboxylic acids is 4. The molecule has 18 nitrogen and oxygen atoms in total. The minimum atomic E-state index is -0.898. The van der Waals surface area contributed by atoms with Crippen LogP contribution in [-0.2, 0) is 62.2 Å². The van der Waals surface area contributed by atoms with Gasteiger partial charge in [0.2, 0.25) is 0 Å². The second-order valence-corrected chi connectivity index (χ2v) is 24.0. The van der Waals surface area contributed by atoms with Gasteiger partial charge in [0, 0.05) is 57.9 Å². The number of piperidine rings is 2. The average Bonchev–Trinajstić information content (AvgIpc) is 1.60. The SMILES string of the molecule is CCN1C(=O)N(Cc2ccc(OCc3ccccc3)c(OCc3ccccc3)c2)C(=O)C12CCN(Cc1cc(OC)cc(OC)c1)CC2.COc1cc(CN2CCC3(CC2)NC(=O)N(Cc2ccc(OCc4ccccc4)c(OCc4ccccc4)c2)C3=O)cc(OC)c1. The minimum Gasteiger partial charge on any atom is -0.497 e. The third kappa shape index (κ3) is 15.7. The van der Waals surface area contributed by atoms with Crippen LogP contribution in [0, 0.1) is 0 Å². The molecule has 94 heavy (non-hydrogen) atoms. The molecule has 8 aromatic rings. The van der Waals surface area contributed by atoms with Crippen LogP contribution < -0.4 is 43.2 Å². The topological polar surface area (TPSA) is 170 Å². The zero-order valence-corrected chi connectivity index (χ0v) is 54.1. The Bertz CT molecular complexity index is 3820. The summed E-state index contributed by atoms with van der Waals surface area (Å²) in [5.41, 5.74) is 6.11. The van der Waals surface area contributed by atoms with Gasteiger partial charge in [-0.05, 0) is 126 Å². The van der Waals surface area contributed by atoms with E-state index in [1.54, 1.807) is 33.3 Å². The van der Waals surface area contributed by atoms with Crippen LogP contribution in [0.1, 0.15) is 77.1 Å². The van der Waals surface area contributed by atoms with Gasteiger partial charge in [-0.25, -0.2) is 9.59 Å². The molecule has 0 bridgehead atoms. The average molecular weight is 1270 g/mol. The van der Waals surface area contributed by atoms with Crippen LogP contribution in [0.3, 0.4) is 0 Å². The Morgan fingerprint density at radius 1 is 0.372 bits per heavy atom. The van der Waals surface area contributed by atoms with Gasteiger partial charge >= 0.3 is 12.1 Å². The maximum Gasteiger partial charge on any atom is 0.327 e. The molecule has 0 aromatic heterocycles. The molecule has 0 radical (unpaired) electrons. The lowest BCUT2D eigenvalue weighted by molar-refractivity contribution is -0.136. The molecule has 0 atom stereocenters. The zero-order chi connectivity index (χ0) is 65.4. The number of nitrogens with zero attached hydrogens (tertiary/aromatic N) is 5. The van der Waals surface area contributed by atoms with E-state index in [0.717, 1.165) is 67.5 Å². The Morgan fingerprint density at radius 3 is 1.11 bits per heavy atom. The third-order valence-electron chi connectivity index (χ3n) is 17.9. The highest BCUT2D eigenvalue weighted by Crippen LogP contribution is 2.41. The van der Waals surface area contributed by atoms with Crippen molar-refractivity contribution in [1.82, 2.24) is 29.8 Å². The second-order valence-electron chi connectivity index (χ2n) is 24.0. The lowest BCUT2D eigenvalue weighted by Gasteiger charge is -2.42. The van der Waals surface area contributed by atoms with Crippen LogP contribution in [0.15, 0.2) is 194 Å². The van der Waals surface area contributed by atoms with Crippen molar-refractivity contribution in [2.24, 2.45) is 0 Å². The van der Waals surface area contributed by atoms with Crippen LogP contribution in [0.2, 0.25) is 0 Å². The smallest absolute Gasteiger partial charge is 0.327 e. The van der Waals surface area contributed by atoms with Crippen molar-refractivity contribution < 1.29 is 57.1 Å². The van der Waals surface area contributed by atoms with E-state index >= 15 is 0 Å². The summed E-state index contributed by atoms with van der Waals surface area (Å²) in [4.78, 5) is 64.1. The summed E-state index contributed by atoms with van der Waals surface area (Å²) in [5.74, 6) is 4.96. The van der Waals surface area contributed by atoms with Crippen LogP contribution in [0.5, 0.6) is 46.0 Å². The summed E-state index contributed by atoms with van der Waals surface area (Å²) in [6.07, 6.45) is 2.21. The molecular weight excluding hydrogens is 1190 g/mol. The van der Waals surface area contributed by atoms with Crippen LogP contribution in [0.25, 0.3) is 0 Å². The normalized spacial score (nSPS) is 15.9. The maximum absolute atomic E-state index is 14.2. The number of hydrogen-bond donors (Lipinski definition) is 1. The van der Waals surface area contributed by atoms with Crippen molar-refractivity contribution in [3.05, 3.63) is 239 Å². The number of likely N-dealkylation sites (N-methyl/N-ethyl adjacent to an activating group) is 1. The molecule has 18 heteroatoms. The van der Waals surface area contributed by atoms with E-state index in [9.17, 15) is 19.2 Å². The molecule has 488 valence electrons. The van der Waals surface area contributed by atoms with Gasteiger partial charge in [-0.1, -0.05) is 133 Å². The van der Waals surface area contributed by atoms with Crippen molar-refractivity contribution in [2.45, 2.75) is 96.3 Å². The largest absolute Gasteiger partial charge is 0.497 e. The maximum atomic E-state index is 14.2. The molecule has 8 aromatic carbocycles. The van der Waals surface area contributed by atoms with E-state index in [4.69, 9.17) is 37.9 Å². The van der Waals surface area contributed by atoms with Gasteiger partial charge in [-0.3, -0.25) is 29.2 Å². The summed E-state index contributed by atoms with van der Waals surface area (Å²) >= 11 is 0. The molecule has 12 rings (SSSR count). The number of imide groups is 2. The molecule has 4 heterocycles. The number of carbonyl (C=O) groups is 4. The number of amides is 6. The quantitative estimate of drug-likeness (QED) is 0.0536. The summed E-state index contributed by atoms with van der Waals surface area (Å²) in [7, 11) is 6.56. The first-order chi connectivity index (χ1) is 45.9. The highest BCUT2D eigenvalue weighted by Gasteiger charge is 2.57. The monoisotopic (exact) mass is 1270 g/mol. The lowest BCUT2D eigenvalue weighted by Crippen LogP contribution is -2.56. The summed E-state index contributed by atoms with van der Waals surface area (Å²) in [5, 5.41) is 3.04. The van der Waals surface area contributed by atoms with Crippen molar-refractivity contribution >= 4 is 23.9 Å².